The Morgan fingerprint density at radius 1 is 1.28 bits per heavy atom. The Morgan fingerprint density at radius 3 is 2.39 bits per heavy atom. The van der Waals surface area contributed by atoms with Gasteiger partial charge in [-0.25, -0.2) is 13.6 Å². The second-order valence-electron chi connectivity index (χ2n) is 5.10. The van der Waals surface area contributed by atoms with E-state index in [2.05, 4.69) is 4.99 Å². The summed E-state index contributed by atoms with van der Waals surface area (Å²) in [6, 6.07) is 2.40. The summed E-state index contributed by atoms with van der Waals surface area (Å²) in [6.07, 6.45) is 3.63. The largest absolute Gasteiger partial charge is 0.235 e. The van der Waals surface area contributed by atoms with E-state index < -0.39 is 17.2 Å². The Balaban J connectivity index is 2.56. The number of rotatable bonds is 3. The van der Waals surface area contributed by atoms with Crippen LogP contribution in [0.25, 0.3) is 0 Å². The monoisotopic (exact) mass is 251 g/mol. The van der Waals surface area contributed by atoms with Crippen molar-refractivity contribution in [2.24, 2.45) is 4.99 Å². The van der Waals surface area contributed by atoms with Gasteiger partial charge in [-0.05, 0) is 36.8 Å². The molecule has 1 aromatic carbocycles. The van der Waals surface area contributed by atoms with Crippen LogP contribution in [0.2, 0.25) is 0 Å². The van der Waals surface area contributed by atoms with Gasteiger partial charge in [-0.1, -0.05) is 13.8 Å². The zero-order chi connectivity index (χ0) is 13.3. The lowest BCUT2D eigenvalue weighted by atomic mass is 9.71. The number of hydrogen-bond donors (Lipinski definition) is 0. The quantitative estimate of drug-likeness (QED) is 0.593. The van der Waals surface area contributed by atoms with Gasteiger partial charge < -0.3 is 0 Å². The Kier molecular flexibility index (Phi) is 3.31. The van der Waals surface area contributed by atoms with Crippen LogP contribution in [0.1, 0.15) is 50.2 Å². The minimum atomic E-state index is -0.816. The topological polar surface area (TPSA) is 29.4 Å². The highest BCUT2D eigenvalue weighted by atomic mass is 19.1. The first-order valence-electron chi connectivity index (χ1n) is 6.08. The zero-order valence-corrected chi connectivity index (χ0v) is 10.5. The summed E-state index contributed by atoms with van der Waals surface area (Å²) in [5.74, 6) is -1.21. The molecule has 0 atom stereocenters. The van der Waals surface area contributed by atoms with Gasteiger partial charge in [0, 0.05) is 11.6 Å². The lowest BCUT2D eigenvalue weighted by molar-refractivity contribution is 0.246. The van der Waals surface area contributed by atoms with Gasteiger partial charge in [-0.3, -0.25) is 0 Å². The summed E-state index contributed by atoms with van der Waals surface area (Å²) in [5, 5.41) is 0. The van der Waals surface area contributed by atoms with Gasteiger partial charge in [-0.2, -0.15) is 4.99 Å². The number of aliphatic imine (C=N–C) groups is 1. The first-order chi connectivity index (χ1) is 8.50. The minimum Gasteiger partial charge on any atom is -0.211 e. The SMILES string of the molecule is CC(C)c1cc(C2(N=C=O)CCC2)c(F)cc1F. The molecule has 0 N–H and O–H groups in total. The first kappa shape index (κ1) is 12.9. The first-order valence-corrected chi connectivity index (χ1v) is 6.08. The highest BCUT2D eigenvalue weighted by molar-refractivity contribution is 5.41. The molecule has 1 aromatic rings. The van der Waals surface area contributed by atoms with Crippen molar-refractivity contribution in [3.05, 3.63) is 34.9 Å². The molecule has 2 rings (SSSR count). The predicted molar refractivity (Wildman–Crippen MR) is 64.1 cm³/mol. The molecule has 0 aliphatic heterocycles. The van der Waals surface area contributed by atoms with Crippen LogP contribution in [-0.4, -0.2) is 6.08 Å². The number of halogens is 2. The maximum atomic E-state index is 13.9. The number of hydrogen-bond acceptors (Lipinski definition) is 2. The van der Waals surface area contributed by atoms with Crippen LogP contribution in [0.4, 0.5) is 8.78 Å². The Labute approximate surface area is 105 Å². The van der Waals surface area contributed by atoms with Crippen molar-refractivity contribution >= 4 is 6.08 Å². The third kappa shape index (κ3) is 1.97. The lowest BCUT2D eigenvalue weighted by Gasteiger charge is -2.37. The van der Waals surface area contributed by atoms with Gasteiger partial charge in [0.25, 0.3) is 0 Å². The van der Waals surface area contributed by atoms with Crippen molar-refractivity contribution in [1.82, 2.24) is 0 Å². The van der Waals surface area contributed by atoms with Crippen LogP contribution in [-0.2, 0) is 10.3 Å². The molecule has 0 unspecified atom stereocenters. The molecular formula is C14H15F2NO. The zero-order valence-electron chi connectivity index (χ0n) is 10.5. The van der Waals surface area contributed by atoms with Crippen LogP contribution in [0.3, 0.4) is 0 Å². The number of benzene rings is 1. The van der Waals surface area contributed by atoms with Crippen LogP contribution in [0.15, 0.2) is 17.1 Å². The lowest BCUT2D eigenvalue weighted by Crippen LogP contribution is -2.33. The normalized spacial score (nSPS) is 17.2. The van der Waals surface area contributed by atoms with Crippen LogP contribution in [0.5, 0.6) is 0 Å². The molecule has 2 nitrogen and oxygen atoms in total. The maximum Gasteiger partial charge on any atom is 0.235 e. The number of isocyanates is 1. The second-order valence-corrected chi connectivity index (χ2v) is 5.10. The third-order valence-electron chi connectivity index (χ3n) is 3.65. The fraction of sp³-hybridized carbons (Fsp3) is 0.500. The average Bonchev–Trinajstić information content (AvgIpc) is 2.24. The molecule has 0 amide bonds. The number of carbonyl (C=O) groups excluding carboxylic acids is 1. The molecule has 1 saturated carbocycles. The highest BCUT2D eigenvalue weighted by Gasteiger charge is 2.41. The Morgan fingerprint density at radius 2 is 1.94 bits per heavy atom. The van der Waals surface area contributed by atoms with Crippen LogP contribution >= 0.6 is 0 Å². The predicted octanol–water partition coefficient (Wildman–Crippen LogP) is 3.80. The molecular weight excluding hydrogens is 236 g/mol. The summed E-state index contributed by atoms with van der Waals surface area (Å²) >= 11 is 0. The van der Waals surface area contributed by atoms with E-state index in [-0.39, 0.29) is 5.92 Å². The van der Waals surface area contributed by atoms with E-state index in [1.54, 1.807) is 0 Å². The smallest absolute Gasteiger partial charge is 0.211 e. The summed E-state index contributed by atoms with van der Waals surface area (Å²) in [5.41, 5.74) is -0.0376. The summed E-state index contributed by atoms with van der Waals surface area (Å²) < 4.78 is 27.5. The molecule has 1 fully saturated rings. The molecule has 0 aromatic heterocycles. The van der Waals surface area contributed by atoms with Crippen molar-refractivity contribution in [3.63, 3.8) is 0 Å². The summed E-state index contributed by atoms with van der Waals surface area (Å²) in [6.45, 7) is 3.69. The van der Waals surface area contributed by atoms with Gasteiger partial charge in [0.15, 0.2) is 0 Å². The van der Waals surface area contributed by atoms with E-state index in [1.165, 1.54) is 12.1 Å². The maximum absolute atomic E-state index is 13.9. The van der Waals surface area contributed by atoms with Crippen LogP contribution < -0.4 is 0 Å². The molecule has 1 aliphatic carbocycles. The van der Waals surface area contributed by atoms with E-state index >= 15 is 0 Å². The highest BCUT2D eigenvalue weighted by Crippen LogP contribution is 2.46. The van der Waals surface area contributed by atoms with Gasteiger partial charge in [-0.15, -0.1) is 0 Å². The van der Waals surface area contributed by atoms with Crippen molar-refractivity contribution in [3.8, 4) is 0 Å². The molecule has 96 valence electrons. The van der Waals surface area contributed by atoms with Gasteiger partial charge in [0.2, 0.25) is 6.08 Å². The minimum absolute atomic E-state index is 0.0401. The van der Waals surface area contributed by atoms with E-state index in [4.69, 9.17) is 0 Å². The van der Waals surface area contributed by atoms with Crippen molar-refractivity contribution in [2.75, 3.05) is 0 Å². The van der Waals surface area contributed by atoms with Gasteiger partial charge >= 0.3 is 0 Å². The fourth-order valence-electron chi connectivity index (χ4n) is 2.41. The van der Waals surface area contributed by atoms with Gasteiger partial charge in [0.1, 0.15) is 17.2 Å². The summed E-state index contributed by atoms with van der Waals surface area (Å²) in [7, 11) is 0. The summed E-state index contributed by atoms with van der Waals surface area (Å²) in [4.78, 5) is 14.2. The molecule has 0 radical (unpaired) electrons. The molecule has 1 aliphatic rings. The molecule has 0 spiro atoms. The molecule has 0 heterocycles. The fourth-order valence-corrected chi connectivity index (χ4v) is 2.41. The molecule has 18 heavy (non-hydrogen) atoms. The molecule has 0 bridgehead atoms. The van der Waals surface area contributed by atoms with Crippen LogP contribution in [0, 0.1) is 11.6 Å². The van der Waals surface area contributed by atoms with E-state index in [0.29, 0.717) is 24.0 Å². The average molecular weight is 251 g/mol. The van der Waals surface area contributed by atoms with Crippen molar-refractivity contribution in [2.45, 2.75) is 44.6 Å². The van der Waals surface area contributed by atoms with Gasteiger partial charge in [0.05, 0.1) is 0 Å². The van der Waals surface area contributed by atoms with E-state index in [1.807, 2.05) is 13.8 Å². The molecule has 0 saturated heterocycles. The number of nitrogens with zero attached hydrogens (tertiary/aromatic N) is 1. The van der Waals surface area contributed by atoms with E-state index in [0.717, 1.165) is 12.5 Å². The Bertz CT molecular complexity index is 515. The van der Waals surface area contributed by atoms with Crippen molar-refractivity contribution < 1.29 is 13.6 Å². The third-order valence-corrected chi connectivity index (χ3v) is 3.65. The van der Waals surface area contributed by atoms with E-state index in [9.17, 15) is 13.6 Å². The molecule has 4 heteroatoms. The standard InChI is InChI=1S/C14H15F2NO/c1-9(2)10-6-11(13(16)7-12(10)15)14(17-8-18)4-3-5-14/h6-7,9H,3-5H2,1-2H3. The Hall–Kier alpha value is -1.54. The van der Waals surface area contributed by atoms with Crippen molar-refractivity contribution in [1.29, 1.82) is 0 Å². The second kappa shape index (κ2) is 4.62.